The van der Waals surface area contributed by atoms with Crippen LogP contribution in [0.3, 0.4) is 0 Å². The van der Waals surface area contributed by atoms with Gasteiger partial charge in [-0.2, -0.15) is 0 Å². The Morgan fingerprint density at radius 1 is 1.16 bits per heavy atom. The minimum absolute atomic E-state index is 0.00949. The average Bonchev–Trinajstić information content (AvgIpc) is 3.08. The van der Waals surface area contributed by atoms with E-state index in [1.54, 1.807) is 0 Å². The van der Waals surface area contributed by atoms with Crippen LogP contribution in [-0.2, 0) is 4.79 Å². The van der Waals surface area contributed by atoms with Gasteiger partial charge in [-0.25, -0.2) is 4.79 Å². The fourth-order valence-electron chi connectivity index (χ4n) is 4.80. The summed E-state index contributed by atoms with van der Waals surface area (Å²) in [4.78, 5) is 30.9. The maximum Gasteiger partial charge on any atom is 0.348 e. The van der Waals surface area contributed by atoms with Gasteiger partial charge >= 0.3 is 5.97 Å². The first kappa shape index (κ1) is 24.8. The lowest BCUT2D eigenvalue weighted by atomic mass is 9.77. The average molecular weight is 459 g/mol. The van der Waals surface area contributed by atoms with E-state index in [4.69, 9.17) is 0 Å². The Balaban J connectivity index is 1.93. The molecule has 0 aliphatic heterocycles. The predicted molar refractivity (Wildman–Crippen MR) is 131 cm³/mol. The first-order valence-electron chi connectivity index (χ1n) is 11.8. The second kappa shape index (κ2) is 9.97. The minimum Gasteiger partial charge on any atom is -0.477 e. The number of amides is 1. The SMILES string of the molecule is CN(C)C[C@H]1C[C@@H](N(c2cc(C#CC(C)(C)C)sc2C(=O)O)C(=O)[C@H]2CC[C@@H](C)CC2)C1. The van der Waals surface area contributed by atoms with Crippen LogP contribution in [0.1, 0.15) is 80.8 Å². The van der Waals surface area contributed by atoms with Crippen molar-refractivity contribution in [3.63, 3.8) is 0 Å². The number of nitrogens with zero attached hydrogens (tertiary/aromatic N) is 2. The first-order chi connectivity index (χ1) is 14.9. The van der Waals surface area contributed by atoms with Gasteiger partial charge in [0.1, 0.15) is 4.88 Å². The predicted octanol–water partition coefficient (Wildman–Crippen LogP) is 5.34. The quantitative estimate of drug-likeness (QED) is 0.584. The van der Waals surface area contributed by atoms with Crippen molar-refractivity contribution in [2.75, 3.05) is 25.5 Å². The Bertz CT molecular complexity index is 888. The molecule has 1 heterocycles. The minimum atomic E-state index is -0.979. The summed E-state index contributed by atoms with van der Waals surface area (Å²) < 4.78 is 0. The Morgan fingerprint density at radius 3 is 2.31 bits per heavy atom. The van der Waals surface area contributed by atoms with E-state index in [1.165, 1.54) is 11.3 Å². The summed E-state index contributed by atoms with van der Waals surface area (Å²) in [5, 5.41) is 9.94. The maximum absolute atomic E-state index is 13.8. The molecule has 0 unspecified atom stereocenters. The molecule has 6 heteroatoms. The molecule has 0 atom stereocenters. The van der Waals surface area contributed by atoms with Crippen molar-refractivity contribution in [3.05, 3.63) is 15.8 Å². The Hall–Kier alpha value is -1.84. The van der Waals surface area contributed by atoms with Gasteiger partial charge < -0.3 is 14.9 Å². The normalized spacial score (nSPS) is 25.6. The first-order valence-corrected chi connectivity index (χ1v) is 12.6. The molecule has 2 aliphatic rings. The summed E-state index contributed by atoms with van der Waals surface area (Å²) in [6.07, 6.45) is 5.77. The number of hydrogen-bond acceptors (Lipinski definition) is 4. The van der Waals surface area contributed by atoms with E-state index in [0.29, 0.717) is 22.4 Å². The summed E-state index contributed by atoms with van der Waals surface area (Å²) in [6, 6.07) is 1.91. The van der Waals surface area contributed by atoms with Crippen LogP contribution in [0.4, 0.5) is 5.69 Å². The van der Waals surface area contributed by atoms with E-state index in [0.717, 1.165) is 45.1 Å². The van der Waals surface area contributed by atoms with E-state index in [2.05, 4.69) is 37.8 Å². The fraction of sp³-hybridized carbons (Fsp3) is 0.692. The largest absolute Gasteiger partial charge is 0.477 e. The summed E-state index contributed by atoms with van der Waals surface area (Å²) in [7, 11) is 4.14. The van der Waals surface area contributed by atoms with E-state index in [-0.39, 0.29) is 28.2 Å². The second-order valence-electron chi connectivity index (χ2n) is 11.0. The molecule has 176 valence electrons. The number of thiophene rings is 1. The molecular formula is C26H38N2O3S. The Morgan fingerprint density at radius 2 is 1.78 bits per heavy atom. The smallest absolute Gasteiger partial charge is 0.348 e. The molecule has 0 spiro atoms. The van der Waals surface area contributed by atoms with E-state index >= 15 is 0 Å². The zero-order chi connectivity index (χ0) is 23.6. The highest BCUT2D eigenvalue weighted by Crippen LogP contribution is 2.41. The lowest BCUT2D eigenvalue weighted by Crippen LogP contribution is -2.52. The third kappa shape index (κ3) is 6.14. The van der Waals surface area contributed by atoms with E-state index in [9.17, 15) is 14.7 Å². The zero-order valence-electron chi connectivity index (χ0n) is 20.4. The summed E-state index contributed by atoms with van der Waals surface area (Å²) in [5.41, 5.74) is 0.382. The maximum atomic E-state index is 13.8. The lowest BCUT2D eigenvalue weighted by molar-refractivity contribution is -0.124. The fourth-order valence-corrected chi connectivity index (χ4v) is 5.64. The topological polar surface area (TPSA) is 60.9 Å². The highest BCUT2D eigenvalue weighted by Gasteiger charge is 2.41. The molecule has 1 N–H and O–H groups in total. The Labute approximate surface area is 197 Å². The van der Waals surface area contributed by atoms with Crippen LogP contribution in [0.2, 0.25) is 0 Å². The highest BCUT2D eigenvalue weighted by atomic mass is 32.1. The molecule has 5 nitrogen and oxygen atoms in total. The van der Waals surface area contributed by atoms with Crippen molar-refractivity contribution in [2.24, 2.45) is 23.2 Å². The van der Waals surface area contributed by atoms with Gasteiger partial charge in [-0.1, -0.05) is 18.8 Å². The zero-order valence-corrected chi connectivity index (χ0v) is 21.2. The molecule has 2 fully saturated rings. The van der Waals surface area contributed by atoms with Gasteiger partial charge in [-0.05, 0) is 91.3 Å². The van der Waals surface area contributed by atoms with Gasteiger partial charge in [0.15, 0.2) is 0 Å². The van der Waals surface area contributed by atoms with Gasteiger partial charge in [-0.15, -0.1) is 11.3 Å². The highest BCUT2D eigenvalue weighted by molar-refractivity contribution is 7.15. The van der Waals surface area contributed by atoms with Crippen LogP contribution in [0.15, 0.2) is 6.07 Å². The number of anilines is 1. The van der Waals surface area contributed by atoms with Crippen molar-refractivity contribution >= 4 is 28.9 Å². The molecule has 1 amide bonds. The van der Waals surface area contributed by atoms with Gasteiger partial charge in [0.25, 0.3) is 0 Å². The number of aromatic carboxylic acids is 1. The molecule has 3 rings (SSSR count). The van der Waals surface area contributed by atoms with Crippen molar-refractivity contribution in [3.8, 4) is 11.8 Å². The van der Waals surface area contributed by atoms with Gasteiger partial charge in [0.05, 0.1) is 10.6 Å². The van der Waals surface area contributed by atoms with Crippen molar-refractivity contribution in [1.29, 1.82) is 0 Å². The van der Waals surface area contributed by atoms with Crippen LogP contribution in [0, 0.1) is 35.0 Å². The standard InChI is InChI=1S/C26H38N2O3S/c1-17-7-9-19(10-8-17)24(29)28(20-13-18(14-20)16-27(5)6)22-15-21(11-12-26(2,3)4)32-23(22)25(30)31/h15,17-20H,7-10,13-14,16H2,1-6H3,(H,30,31)/t17-,18-,19+,20+. The molecule has 0 bridgehead atoms. The summed E-state index contributed by atoms with van der Waals surface area (Å²) in [5.74, 6) is 6.68. The summed E-state index contributed by atoms with van der Waals surface area (Å²) in [6.45, 7) is 9.35. The molecular weight excluding hydrogens is 420 g/mol. The van der Waals surface area contributed by atoms with Crippen LogP contribution < -0.4 is 4.90 Å². The van der Waals surface area contributed by atoms with Crippen LogP contribution in [0.25, 0.3) is 0 Å². The van der Waals surface area contributed by atoms with Crippen LogP contribution in [0.5, 0.6) is 0 Å². The van der Waals surface area contributed by atoms with Crippen molar-refractivity contribution in [2.45, 2.75) is 72.3 Å². The van der Waals surface area contributed by atoms with E-state index < -0.39 is 5.97 Å². The molecule has 2 saturated carbocycles. The number of carboxylic acid groups (broad SMARTS) is 1. The second-order valence-corrected chi connectivity index (χ2v) is 12.1. The number of rotatable bonds is 6. The van der Waals surface area contributed by atoms with Gasteiger partial charge in [0.2, 0.25) is 5.91 Å². The van der Waals surface area contributed by atoms with Gasteiger partial charge in [-0.3, -0.25) is 4.79 Å². The molecule has 2 aliphatic carbocycles. The summed E-state index contributed by atoms with van der Waals surface area (Å²) >= 11 is 1.19. The molecule has 1 aromatic rings. The molecule has 1 aromatic heterocycles. The van der Waals surface area contributed by atoms with Crippen LogP contribution >= 0.6 is 11.3 Å². The van der Waals surface area contributed by atoms with E-state index in [1.807, 2.05) is 31.7 Å². The number of hydrogen-bond donors (Lipinski definition) is 1. The monoisotopic (exact) mass is 458 g/mol. The van der Waals surface area contributed by atoms with Gasteiger partial charge in [0, 0.05) is 23.9 Å². The van der Waals surface area contributed by atoms with Crippen molar-refractivity contribution in [1.82, 2.24) is 4.90 Å². The Kier molecular flexibility index (Phi) is 7.73. The number of carboxylic acids is 1. The third-order valence-corrected chi connectivity index (χ3v) is 7.56. The van der Waals surface area contributed by atoms with Crippen molar-refractivity contribution < 1.29 is 14.7 Å². The molecule has 0 aromatic carbocycles. The molecule has 32 heavy (non-hydrogen) atoms. The number of carbonyl (C=O) groups excluding carboxylic acids is 1. The molecule has 0 saturated heterocycles. The third-order valence-electron chi connectivity index (χ3n) is 6.53. The van der Waals surface area contributed by atoms with Crippen LogP contribution in [-0.4, -0.2) is 48.6 Å². The number of carbonyl (C=O) groups is 2. The molecule has 0 radical (unpaired) electrons. The lowest BCUT2D eigenvalue weighted by Gasteiger charge is -2.45.